The van der Waals surface area contributed by atoms with Crippen molar-refractivity contribution in [2.45, 2.75) is 115 Å². The number of phenols is 2. The van der Waals surface area contributed by atoms with Gasteiger partial charge < -0.3 is 45.1 Å². The lowest BCUT2D eigenvalue weighted by Gasteiger charge is -2.45. The number of nitrogens with one attached hydrogen (secondary N) is 1. The lowest BCUT2D eigenvalue weighted by molar-refractivity contribution is -0.234. The zero-order valence-electron chi connectivity index (χ0n) is 38.3. The number of ketones is 1. The first-order valence-electron chi connectivity index (χ1n) is 23.3. The molecule has 13 heteroatoms. The summed E-state index contributed by atoms with van der Waals surface area (Å²) >= 11 is 0. The van der Waals surface area contributed by atoms with Crippen molar-refractivity contribution in [2.75, 3.05) is 11.9 Å². The maximum Gasteiger partial charge on any atom is 0.305 e. The fraction of sp³-hybridized carbons (Fsp3) is 0.345. The van der Waals surface area contributed by atoms with Crippen molar-refractivity contribution < 1.29 is 58.9 Å². The quantitative estimate of drug-likeness (QED) is 0.0262. The summed E-state index contributed by atoms with van der Waals surface area (Å²) < 4.78 is 16.8. The van der Waals surface area contributed by atoms with Crippen LogP contribution in [0.3, 0.4) is 0 Å². The van der Waals surface area contributed by atoms with Gasteiger partial charge in [-0.15, -0.1) is 0 Å². The Labute approximate surface area is 396 Å². The van der Waals surface area contributed by atoms with Crippen LogP contribution in [0.4, 0.5) is 5.69 Å². The second-order valence-electron chi connectivity index (χ2n) is 17.4. The van der Waals surface area contributed by atoms with Gasteiger partial charge in [-0.25, -0.2) is 0 Å². The topological polar surface area (TPSA) is 209 Å². The van der Waals surface area contributed by atoms with Gasteiger partial charge in [0.2, 0.25) is 11.7 Å². The Morgan fingerprint density at radius 3 is 1.93 bits per heavy atom. The summed E-state index contributed by atoms with van der Waals surface area (Å²) in [5.41, 5.74) is 6.96. The van der Waals surface area contributed by atoms with Gasteiger partial charge in [-0.2, -0.15) is 0 Å². The zero-order valence-corrected chi connectivity index (χ0v) is 38.3. The van der Waals surface area contributed by atoms with E-state index in [4.69, 9.17) is 14.2 Å². The van der Waals surface area contributed by atoms with Crippen molar-refractivity contribution in [2.24, 2.45) is 0 Å². The first-order chi connectivity index (χ1) is 32.9. The molecule has 1 unspecified atom stereocenters. The monoisotopic (exact) mass is 925 g/mol. The third kappa shape index (κ3) is 11.5. The summed E-state index contributed by atoms with van der Waals surface area (Å²) in [6.45, 7) is 2.70. The normalized spacial score (nSPS) is 20.1. The zero-order chi connectivity index (χ0) is 48.3. The van der Waals surface area contributed by atoms with E-state index in [1.807, 2.05) is 36.4 Å². The van der Waals surface area contributed by atoms with Gasteiger partial charge in [0.05, 0.1) is 17.2 Å². The number of amides is 1. The molecule has 1 amide bonds. The second-order valence-corrected chi connectivity index (χ2v) is 17.4. The number of aliphatic hydroxyl groups excluding tert-OH is 3. The Morgan fingerprint density at radius 2 is 1.26 bits per heavy atom. The molecule has 0 aromatic heterocycles. The highest BCUT2D eigenvalue weighted by molar-refractivity contribution is 6.16. The number of ether oxygens (including phenoxy) is 3. The van der Waals surface area contributed by atoms with Crippen LogP contribution in [-0.4, -0.2) is 86.3 Å². The van der Waals surface area contributed by atoms with Crippen molar-refractivity contribution in [1.82, 2.24) is 0 Å². The minimum absolute atomic E-state index is 0.0503. The summed E-state index contributed by atoms with van der Waals surface area (Å²) in [7, 11) is 0. The van der Waals surface area contributed by atoms with Gasteiger partial charge in [0.15, 0.2) is 0 Å². The molecule has 13 nitrogen and oxygen atoms in total. The predicted molar refractivity (Wildman–Crippen MR) is 256 cm³/mol. The molecule has 0 spiro atoms. The van der Waals surface area contributed by atoms with E-state index < -0.39 is 66.5 Å². The van der Waals surface area contributed by atoms with Gasteiger partial charge in [-0.1, -0.05) is 124 Å². The maximum atomic E-state index is 13.7. The molecule has 5 aromatic carbocycles. The van der Waals surface area contributed by atoms with Crippen molar-refractivity contribution in [3.05, 3.63) is 160 Å². The molecule has 7 rings (SSSR count). The number of phenolic OH excluding ortho intramolecular Hbond substituents is 2. The van der Waals surface area contributed by atoms with Crippen molar-refractivity contribution in [3.63, 3.8) is 0 Å². The molecule has 0 saturated carbocycles. The second kappa shape index (κ2) is 22.9. The van der Waals surface area contributed by atoms with E-state index in [2.05, 4.69) is 60.8 Å². The van der Waals surface area contributed by atoms with Gasteiger partial charge in [-0.3, -0.25) is 19.2 Å². The van der Waals surface area contributed by atoms with E-state index in [9.17, 15) is 44.7 Å². The number of allylic oxidation sites excluding steroid dienone is 1. The summed E-state index contributed by atoms with van der Waals surface area (Å²) in [4.78, 5) is 50.9. The molecule has 68 heavy (non-hydrogen) atoms. The number of hydrogen-bond donors (Lipinski definition) is 6. The van der Waals surface area contributed by atoms with Crippen LogP contribution in [0.1, 0.15) is 127 Å². The van der Waals surface area contributed by atoms with Gasteiger partial charge in [0, 0.05) is 31.4 Å². The van der Waals surface area contributed by atoms with E-state index in [1.54, 1.807) is 6.07 Å². The molecule has 1 fully saturated rings. The summed E-state index contributed by atoms with van der Waals surface area (Å²) in [6.07, 6.45) is -1.82. The highest BCUT2D eigenvalue weighted by Crippen LogP contribution is 2.48. The smallest absolute Gasteiger partial charge is 0.305 e. The first-order valence-corrected chi connectivity index (χ1v) is 23.3. The van der Waals surface area contributed by atoms with Gasteiger partial charge in [0.1, 0.15) is 49.1 Å². The van der Waals surface area contributed by atoms with Crippen molar-refractivity contribution >= 4 is 40.5 Å². The third-order valence-electron chi connectivity index (χ3n) is 12.7. The van der Waals surface area contributed by atoms with Crippen LogP contribution in [0.15, 0.2) is 115 Å². The maximum absolute atomic E-state index is 13.7. The number of carbonyl (C=O) groups is 4. The molecule has 5 aromatic rings. The number of unbranched alkanes of at least 4 members (excludes halogenated alkanes) is 5. The molecule has 1 saturated heterocycles. The van der Waals surface area contributed by atoms with Crippen LogP contribution in [0.25, 0.3) is 11.1 Å². The average molecular weight is 926 g/mol. The number of carbonyl (C=O) groups excluding carboxylic acids is 4. The largest absolute Gasteiger partial charge is 0.507 e. The Hall–Kier alpha value is -6.64. The van der Waals surface area contributed by atoms with Crippen molar-refractivity contribution in [3.8, 4) is 11.5 Å². The van der Waals surface area contributed by atoms with Crippen LogP contribution in [0, 0.1) is 0 Å². The lowest BCUT2D eigenvalue weighted by Crippen LogP contribution is -2.60. The molecule has 1 aliphatic carbocycles. The number of rotatable bonds is 19. The molecule has 2 aliphatic rings. The molecule has 6 N–H and O–H groups in total. The van der Waals surface area contributed by atoms with Gasteiger partial charge in [0.25, 0.3) is 0 Å². The molecule has 0 bridgehead atoms. The van der Waals surface area contributed by atoms with Crippen molar-refractivity contribution in [1.29, 1.82) is 0 Å². The average Bonchev–Trinajstić information content (AvgIpc) is 3.33. The van der Waals surface area contributed by atoms with Crippen LogP contribution in [-0.2, 0) is 35.2 Å². The summed E-state index contributed by atoms with van der Waals surface area (Å²) in [5.74, 6) is -3.76. The Balaban J connectivity index is 0.864. The van der Waals surface area contributed by atoms with E-state index in [0.717, 1.165) is 60.9 Å². The number of aliphatic hydroxyl groups is 3. The lowest BCUT2D eigenvalue weighted by atomic mass is 9.71. The summed E-state index contributed by atoms with van der Waals surface area (Å²) in [5, 5.41) is 58.2. The van der Waals surface area contributed by atoms with Gasteiger partial charge in [-0.05, 0) is 88.1 Å². The predicted octanol–water partition coefficient (Wildman–Crippen LogP) is 8.36. The molecule has 0 radical (unpaired) electrons. The highest BCUT2D eigenvalue weighted by Gasteiger charge is 2.50. The van der Waals surface area contributed by atoms with Crippen LogP contribution >= 0.6 is 0 Å². The SMILES string of the molecule is CC/C(=C(\c1ccccc1)c1ccc(NC(=O)CCCCCCCCC(=O)OC[C@@H]2O[C@H](C3c4cccc(O)c4C(=O)c4c(O)cc(COC(C)=O)cc43)[C@@H](O)[C@H](O)[C@H]2O)cc1)c1ccccc1. The minimum Gasteiger partial charge on any atom is -0.507 e. The van der Waals surface area contributed by atoms with Gasteiger partial charge >= 0.3 is 11.9 Å². The number of benzene rings is 5. The molecular weight excluding hydrogens is 867 g/mol. The molecular formula is C55H59NO12. The Morgan fingerprint density at radius 1 is 0.647 bits per heavy atom. The van der Waals surface area contributed by atoms with E-state index >= 15 is 0 Å². The van der Waals surface area contributed by atoms with E-state index in [1.165, 1.54) is 42.3 Å². The van der Waals surface area contributed by atoms with E-state index in [0.29, 0.717) is 18.4 Å². The molecule has 356 valence electrons. The number of anilines is 1. The Bertz CT molecular complexity index is 2590. The fourth-order valence-electron chi connectivity index (χ4n) is 9.31. The Kier molecular flexibility index (Phi) is 16.6. The van der Waals surface area contributed by atoms with Crippen LogP contribution < -0.4 is 5.32 Å². The fourth-order valence-corrected chi connectivity index (χ4v) is 9.31. The molecule has 1 aliphatic heterocycles. The van der Waals surface area contributed by atoms with Crippen LogP contribution in [0.5, 0.6) is 11.5 Å². The molecule has 6 atom stereocenters. The number of aromatic hydroxyl groups is 2. The highest BCUT2D eigenvalue weighted by atomic mass is 16.6. The number of hydrogen-bond acceptors (Lipinski definition) is 12. The standard InChI is InChI=1S/C55H59NO12/c1-3-39(35-17-10-8-11-18-35)47(36-19-12-9-13-20-36)37-25-27-38(28-26-37)56-45(60)23-14-6-4-5-7-15-24-46(61)67-32-44-51(62)53(64)54(65)55(68-44)48-40-21-16-22-42(58)49(40)52(63)50-41(48)29-34(30-43(50)59)31-66-33(2)57/h8-13,16-22,25-30,44,48,51,53-55,58-59,62,64-65H,3-7,14-15,23-24,31-32H2,1-2H3,(H,56,60)/b47-39-/t44-,48?,51-,53+,54-,55+/m0/s1. The van der Waals surface area contributed by atoms with Crippen LogP contribution in [0.2, 0.25) is 0 Å². The first kappa shape index (κ1) is 49.3. The van der Waals surface area contributed by atoms with E-state index in [-0.39, 0.29) is 46.9 Å². The third-order valence-corrected chi connectivity index (χ3v) is 12.7. The number of fused-ring (bicyclic) bond motifs is 2. The molecule has 1 heterocycles. The number of esters is 2. The summed E-state index contributed by atoms with van der Waals surface area (Å²) in [6, 6.07) is 35.9. The minimum atomic E-state index is -1.76.